The van der Waals surface area contributed by atoms with Crippen LogP contribution in [0.1, 0.15) is 59.4 Å². The van der Waals surface area contributed by atoms with Gasteiger partial charge in [0.1, 0.15) is 17.0 Å². The molecule has 2 rings (SSSR count). The molecule has 5 heteroatoms. The van der Waals surface area contributed by atoms with Crippen molar-refractivity contribution in [2.24, 2.45) is 5.41 Å². The van der Waals surface area contributed by atoms with Gasteiger partial charge >= 0.3 is 11.9 Å². The highest BCUT2D eigenvalue weighted by Crippen LogP contribution is 2.61. The number of methoxy groups -OCH3 is 1. The molecule has 0 amide bonds. The third-order valence-electron chi connectivity index (χ3n) is 4.01. The lowest BCUT2D eigenvalue weighted by atomic mass is 9.98. The molecule has 0 radical (unpaired) electrons. The smallest absolute Gasteiger partial charge is 0.324 e. The highest BCUT2D eigenvalue weighted by molar-refractivity contribution is 6.05. The number of ether oxygens (including phenoxy) is 3. The number of esters is 2. The first-order valence-electron chi connectivity index (χ1n) is 8.50. The van der Waals surface area contributed by atoms with Gasteiger partial charge in [-0.2, -0.15) is 0 Å². The Morgan fingerprint density at radius 1 is 0.920 bits per heavy atom. The Kier molecular flexibility index (Phi) is 4.90. The zero-order valence-corrected chi connectivity index (χ0v) is 16.1. The van der Waals surface area contributed by atoms with Crippen molar-refractivity contribution in [2.45, 2.75) is 65.1 Å². The number of hydrogen-bond donors (Lipinski definition) is 0. The van der Waals surface area contributed by atoms with E-state index in [0.717, 1.165) is 11.3 Å². The van der Waals surface area contributed by atoms with Gasteiger partial charge in [-0.1, -0.05) is 12.1 Å². The minimum Gasteiger partial charge on any atom is -0.497 e. The van der Waals surface area contributed by atoms with Crippen molar-refractivity contribution in [2.75, 3.05) is 7.11 Å². The maximum atomic E-state index is 12.8. The van der Waals surface area contributed by atoms with Crippen LogP contribution < -0.4 is 4.74 Å². The second-order valence-corrected chi connectivity index (χ2v) is 8.51. The van der Waals surface area contributed by atoms with Crippen LogP contribution in [0.15, 0.2) is 24.3 Å². The van der Waals surface area contributed by atoms with E-state index >= 15 is 0 Å². The van der Waals surface area contributed by atoms with E-state index in [2.05, 4.69) is 0 Å². The van der Waals surface area contributed by atoms with E-state index in [0.29, 0.717) is 6.42 Å². The molecule has 1 unspecified atom stereocenters. The van der Waals surface area contributed by atoms with E-state index < -0.39 is 28.6 Å². The summed E-state index contributed by atoms with van der Waals surface area (Å²) in [5, 5.41) is 0. The highest BCUT2D eigenvalue weighted by atomic mass is 16.6. The predicted octanol–water partition coefficient (Wildman–Crippen LogP) is 3.85. The summed E-state index contributed by atoms with van der Waals surface area (Å²) in [4.78, 5) is 25.7. The normalized spacial score (nSPS) is 19.1. The number of hydrogen-bond acceptors (Lipinski definition) is 5. The van der Waals surface area contributed by atoms with E-state index in [1.807, 2.05) is 24.3 Å². The van der Waals surface area contributed by atoms with Gasteiger partial charge in [0.15, 0.2) is 5.41 Å². The fourth-order valence-corrected chi connectivity index (χ4v) is 2.77. The summed E-state index contributed by atoms with van der Waals surface area (Å²) in [6, 6.07) is 7.39. The van der Waals surface area contributed by atoms with E-state index in [4.69, 9.17) is 14.2 Å². The van der Waals surface area contributed by atoms with E-state index in [-0.39, 0.29) is 5.92 Å². The highest BCUT2D eigenvalue weighted by Gasteiger charge is 2.69. The van der Waals surface area contributed by atoms with Crippen molar-refractivity contribution in [1.82, 2.24) is 0 Å². The summed E-state index contributed by atoms with van der Waals surface area (Å²) in [5.74, 6) is -0.558. The van der Waals surface area contributed by atoms with Crippen LogP contribution in [0.2, 0.25) is 0 Å². The molecule has 1 atom stereocenters. The molecule has 1 aromatic rings. The van der Waals surface area contributed by atoms with Gasteiger partial charge in [-0.15, -0.1) is 0 Å². The van der Waals surface area contributed by atoms with Crippen molar-refractivity contribution in [3.63, 3.8) is 0 Å². The Balaban J connectivity index is 2.31. The molecule has 5 nitrogen and oxygen atoms in total. The molecule has 138 valence electrons. The van der Waals surface area contributed by atoms with Crippen LogP contribution >= 0.6 is 0 Å². The summed E-state index contributed by atoms with van der Waals surface area (Å²) in [5.41, 5.74) is -1.70. The molecule has 0 saturated heterocycles. The van der Waals surface area contributed by atoms with Crippen LogP contribution in [-0.2, 0) is 19.1 Å². The summed E-state index contributed by atoms with van der Waals surface area (Å²) >= 11 is 0. The van der Waals surface area contributed by atoms with Gasteiger partial charge in [-0.05, 0) is 65.7 Å². The summed E-state index contributed by atoms with van der Waals surface area (Å²) in [6.45, 7) is 10.7. The zero-order chi connectivity index (χ0) is 19.0. The van der Waals surface area contributed by atoms with Crippen molar-refractivity contribution in [3.05, 3.63) is 29.8 Å². The Morgan fingerprint density at radius 3 is 1.72 bits per heavy atom. The molecule has 25 heavy (non-hydrogen) atoms. The van der Waals surface area contributed by atoms with Gasteiger partial charge in [-0.25, -0.2) is 0 Å². The van der Waals surface area contributed by atoms with Crippen LogP contribution in [0.5, 0.6) is 5.75 Å². The zero-order valence-electron chi connectivity index (χ0n) is 16.1. The van der Waals surface area contributed by atoms with Crippen LogP contribution in [0, 0.1) is 5.41 Å². The van der Waals surface area contributed by atoms with Gasteiger partial charge in [0.25, 0.3) is 0 Å². The van der Waals surface area contributed by atoms with Crippen molar-refractivity contribution in [3.8, 4) is 5.75 Å². The second kappa shape index (κ2) is 6.36. The molecule has 1 fully saturated rings. The van der Waals surface area contributed by atoms with Crippen LogP contribution in [0.4, 0.5) is 0 Å². The summed E-state index contributed by atoms with van der Waals surface area (Å²) < 4.78 is 16.2. The molecule has 1 aliphatic carbocycles. The van der Waals surface area contributed by atoms with Crippen molar-refractivity contribution >= 4 is 11.9 Å². The first-order chi connectivity index (χ1) is 11.4. The number of rotatable bonds is 4. The summed E-state index contributed by atoms with van der Waals surface area (Å²) in [6.07, 6.45) is 0.392. The molecule has 0 heterocycles. The van der Waals surface area contributed by atoms with Gasteiger partial charge in [0.05, 0.1) is 7.11 Å². The largest absolute Gasteiger partial charge is 0.497 e. The topological polar surface area (TPSA) is 61.8 Å². The van der Waals surface area contributed by atoms with Crippen LogP contribution in [0.25, 0.3) is 0 Å². The molecule has 1 aromatic carbocycles. The predicted molar refractivity (Wildman–Crippen MR) is 94.5 cm³/mol. The lowest BCUT2D eigenvalue weighted by molar-refractivity contribution is -0.177. The van der Waals surface area contributed by atoms with Gasteiger partial charge in [0, 0.05) is 5.92 Å². The van der Waals surface area contributed by atoms with E-state index in [1.54, 1.807) is 48.7 Å². The first kappa shape index (κ1) is 19.3. The number of benzene rings is 1. The summed E-state index contributed by atoms with van der Waals surface area (Å²) in [7, 11) is 1.60. The molecule has 0 N–H and O–H groups in total. The Bertz CT molecular complexity index is 618. The van der Waals surface area contributed by atoms with Crippen LogP contribution in [0.3, 0.4) is 0 Å². The Hall–Kier alpha value is -2.04. The van der Waals surface area contributed by atoms with Crippen LogP contribution in [-0.4, -0.2) is 30.3 Å². The minimum absolute atomic E-state index is 0.247. The fourth-order valence-electron chi connectivity index (χ4n) is 2.77. The minimum atomic E-state index is -1.27. The average molecular weight is 348 g/mol. The average Bonchev–Trinajstić information content (AvgIpc) is 3.21. The quantitative estimate of drug-likeness (QED) is 0.611. The van der Waals surface area contributed by atoms with E-state index in [1.165, 1.54) is 0 Å². The lowest BCUT2D eigenvalue weighted by Gasteiger charge is -2.27. The standard InChI is InChI=1S/C20H28O5/c1-18(2,3)24-16(21)20(17(22)25-19(4,5)6)12-15(20)13-8-10-14(23-7)11-9-13/h8-11,15H,12H2,1-7H3. The monoisotopic (exact) mass is 348 g/mol. The Labute approximate surface area is 149 Å². The third kappa shape index (κ3) is 4.33. The fraction of sp³-hybridized carbons (Fsp3) is 0.600. The first-order valence-corrected chi connectivity index (χ1v) is 8.50. The molecule has 0 aromatic heterocycles. The SMILES string of the molecule is COc1ccc(C2CC2(C(=O)OC(C)(C)C)C(=O)OC(C)(C)C)cc1. The van der Waals surface area contributed by atoms with E-state index in [9.17, 15) is 9.59 Å². The van der Waals surface area contributed by atoms with Gasteiger partial charge in [-0.3, -0.25) is 9.59 Å². The van der Waals surface area contributed by atoms with Gasteiger partial charge in [0.2, 0.25) is 0 Å². The number of carbonyl (C=O) groups excluding carboxylic acids is 2. The maximum absolute atomic E-state index is 12.8. The molecule has 0 bridgehead atoms. The molecule has 0 aliphatic heterocycles. The van der Waals surface area contributed by atoms with Crippen molar-refractivity contribution in [1.29, 1.82) is 0 Å². The second-order valence-electron chi connectivity index (χ2n) is 8.51. The lowest BCUT2D eigenvalue weighted by Crippen LogP contribution is -2.39. The molecule has 1 saturated carbocycles. The number of carbonyl (C=O) groups is 2. The van der Waals surface area contributed by atoms with Gasteiger partial charge < -0.3 is 14.2 Å². The maximum Gasteiger partial charge on any atom is 0.324 e. The molecular weight excluding hydrogens is 320 g/mol. The molecule has 0 spiro atoms. The molecule has 1 aliphatic rings. The van der Waals surface area contributed by atoms with Crippen molar-refractivity contribution < 1.29 is 23.8 Å². The third-order valence-corrected chi connectivity index (χ3v) is 4.01. The Morgan fingerprint density at radius 2 is 1.36 bits per heavy atom. The molecular formula is C20H28O5.